The van der Waals surface area contributed by atoms with Crippen LogP contribution in [0.3, 0.4) is 0 Å². The van der Waals surface area contributed by atoms with Crippen LogP contribution in [0.15, 0.2) is 30.5 Å². The minimum atomic E-state index is 0.569. The molecule has 0 fully saturated rings. The van der Waals surface area contributed by atoms with Crippen LogP contribution >= 0.6 is 11.6 Å². The zero-order valence-corrected chi connectivity index (χ0v) is 9.91. The highest BCUT2D eigenvalue weighted by Gasteiger charge is 2.04. The van der Waals surface area contributed by atoms with Crippen LogP contribution in [0.25, 0.3) is 0 Å². The van der Waals surface area contributed by atoms with Gasteiger partial charge in [0.15, 0.2) is 5.95 Å². The molecule has 1 heterocycles. The van der Waals surface area contributed by atoms with E-state index in [4.69, 9.17) is 17.3 Å². The van der Waals surface area contributed by atoms with Crippen LogP contribution in [0.5, 0.6) is 0 Å². The maximum absolute atomic E-state index is 5.92. The zero-order valence-electron chi connectivity index (χ0n) is 9.15. The van der Waals surface area contributed by atoms with Gasteiger partial charge in [0.25, 0.3) is 0 Å². The van der Waals surface area contributed by atoms with E-state index in [0.29, 0.717) is 5.95 Å². The second-order valence-corrected chi connectivity index (χ2v) is 4.12. The molecule has 0 radical (unpaired) electrons. The molecule has 0 saturated heterocycles. The van der Waals surface area contributed by atoms with E-state index >= 15 is 0 Å². The molecule has 0 aliphatic heterocycles. The lowest BCUT2D eigenvalue weighted by atomic mass is 10.1. The minimum Gasteiger partial charge on any atom is -0.369 e. The highest BCUT2D eigenvalue weighted by Crippen LogP contribution is 2.15. The Labute approximate surface area is 99.9 Å². The number of hydrogen-bond acceptors (Lipinski definition) is 2. The van der Waals surface area contributed by atoms with Gasteiger partial charge in [0, 0.05) is 24.2 Å². The summed E-state index contributed by atoms with van der Waals surface area (Å²) >= 11 is 5.92. The number of nitrogens with two attached hydrogens (primary N) is 1. The Morgan fingerprint density at radius 1 is 1.44 bits per heavy atom. The predicted octanol–water partition coefficient (Wildman–Crippen LogP) is 2.73. The summed E-state index contributed by atoms with van der Waals surface area (Å²) in [4.78, 5) is 4.30. The molecule has 0 unspecified atom stereocenters. The minimum absolute atomic E-state index is 0.569. The van der Waals surface area contributed by atoms with Gasteiger partial charge < -0.3 is 10.3 Å². The lowest BCUT2D eigenvalue weighted by molar-refractivity contribution is 0.773. The lowest BCUT2D eigenvalue weighted by Gasteiger charge is -1.98. The first kappa shape index (κ1) is 11.0. The van der Waals surface area contributed by atoms with E-state index in [-0.39, 0.29) is 0 Å². The van der Waals surface area contributed by atoms with E-state index in [1.807, 2.05) is 42.0 Å². The Kier molecular flexibility index (Phi) is 3.15. The molecule has 0 amide bonds. The van der Waals surface area contributed by atoms with E-state index in [0.717, 1.165) is 29.2 Å². The second-order valence-electron chi connectivity index (χ2n) is 3.68. The molecule has 84 valence electrons. The summed E-state index contributed by atoms with van der Waals surface area (Å²) in [6.07, 6.45) is 2.74. The van der Waals surface area contributed by atoms with Crippen molar-refractivity contribution in [3.63, 3.8) is 0 Å². The van der Waals surface area contributed by atoms with Gasteiger partial charge in [-0.3, -0.25) is 0 Å². The van der Waals surface area contributed by atoms with Crippen molar-refractivity contribution in [1.82, 2.24) is 9.55 Å². The van der Waals surface area contributed by atoms with Crippen molar-refractivity contribution in [3.05, 3.63) is 46.7 Å². The van der Waals surface area contributed by atoms with Gasteiger partial charge in [-0.25, -0.2) is 4.98 Å². The lowest BCUT2D eigenvalue weighted by Crippen LogP contribution is -1.98. The van der Waals surface area contributed by atoms with E-state index < -0.39 is 0 Å². The molecule has 4 heteroatoms. The number of imidazole rings is 1. The molecule has 16 heavy (non-hydrogen) atoms. The quantitative estimate of drug-likeness (QED) is 0.889. The number of aryl methyl sites for hydroxylation is 1. The first-order valence-electron chi connectivity index (χ1n) is 5.25. The fraction of sp³-hybridized carbons (Fsp3) is 0.250. The monoisotopic (exact) mass is 235 g/mol. The molecular weight excluding hydrogens is 222 g/mol. The Hall–Kier alpha value is -1.48. The third-order valence-electron chi connectivity index (χ3n) is 2.47. The van der Waals surface area contributed by atoms with Crippen molar-refractivity contribution < 1.29 is 0 Å². The topological polar surface area (TPSA) is 43.8 Å². The largest absolute Gasteiger partial charge is 0.369 e. The Balaban J connectivity index is 2.20. The molecule has 0 atom stereocenters. The smallest absolute Gasteiger partial charge is 0.200 e. The summed E-state index contributed by atoms with van der Waals surface area (Å²) in [5, 5.41) is 0.750. The normalized spacial score (nSPS) is 10.6. The van der Waals surface area contributed by atoms with E-state index in [1.54, 1.807) is 0 Å². The second kappa shape index (κ2) is 4.58. The molecule has 0 bridgehead atoms. The van der Waals surface area contributed by atoms with E-state index in [9.17, 15) is 0 Å². The van der Waals surface area contributed by atoms with Crippen LogP contribution in [-0.2, 0) is 13.0 Å². The van der Waals surface area contributed by atoms with E-state index in [2.05, 4.69) is 4.98 Å². The van der Waals surface area contributed by atoms with Gasteiger partial charge in [0.1, 0.15) is 0 Å². The maximum Gasteiger partial charge on any atom is 0.200 e. The first-order chi connectivity index (χ1) is 7.69. The molecule has 0 spiro atoms. The number of nitrogen functional groups attached to an aromatic ring is 1. The number of anilines is 1. The zero-order chi connectivity index (χ0) is 11.5. The molecule has 0 aliphatic carbocycles. The van der Waals surface area contributed by atoms with Crippen molar-refractivity contribution in [2.75, 3.05) is 5.73 Å². The summed E-state index contributed by atoms with van der Waals surface area (Å²) in [5.41, 5.74) is 7.88. The van der Waals surface area contributed by atoms with E-state index in [1.165, 1.54) is 0 Å². The van der Waals surface area contributed by atoms with Crippen molar-refractivity contribution in [3.8, 4) is 0 Å². The Morgan fingerprint density at radius 3 is 2.88 bits per heavy atom. The van der Waals surface area contributed by atoms with Crippen molar-refractivity contribution >= 4 is 17.5 Å². The summed E-state index contributed by atoms with van der Waals surface area (Å²) in [6.45, 7) is 2.88. The first-order valence-corrected chi connectivity index (χ1v) is 5.63. The van der Waals surface area contributed by atoms with Crippen LogP contribution in [0, 0.1) is 0 Å². The van der Waals surface area contributed by atoms with Gasteiger partial charge in [-0.1, -0.05) is 23.7 Å². The van der Waals surface area contributed by atoms with Gasteiger partial charge in [-0.2, -0.15) is 0 Å². The third-order valence-corrected chi connectivity index (χ3v) is 2.71. The van der Waals surface area contributed by atoms with Crippen LogP contribution in [0.1, 0.15) is 18.2 Å². The number of nitrogens with zero attached hydrogens (tertiary/aromatic N) is 2. The third kappa shape index (κ3) is 2.36. The average Bonchev–Trinajstić information content (AvgIpc) is 2.58. The molecule has 2 rings (SSSR count). The molecule has 2 N–H and O–H groups in total. The number of benzene rings is 1. The average molecular weight is 236 g/mol. The molecule has 1 aromatic carbocycles. The predicted molar refractivity (Wildman–Crippen MR) is 66.6 cm³/mol. The van der Waals surface area contributed by atoms with Crippen molar-refractivity contribution in [2.45, 2.75) is 19.9 Å². The molecule has 0 aliphatic rings. The highest BCUT2D eigenvalue weighted by atomic mass is 35.5. The summed E-state index contributed by atoms with van der Waals surface area (Å²) in [6, 6.07) is 7.79. The SMILES string of the molecule is CCn1cc(Cc2cccc(Cl)c2)nc1N. The van der Waals surface area contributed by atoms with Gasteiger partial charge in [0.05, 0.1) is 5.69 Å². The Bertz CT molecular complexity index is 491. The molecule has 1 aromatic heterocycles. The highest BCUT2D eigenvalue weighted by molar-refractivity contribution is 6.30. The van der Waals surface area contributed by atoms with Gasteiger partial charge in [0.2, 0.25) is 0 Å². The standard InChI is InChI=1S/C12H14ClN3/c1-2-16-8-11(15-12(16)14)7-9-4-3-5-10(13)6-9/h3-6,8H,2,7H2,1H3,(H2,14,15). The Morgan fingerprint density at radius 2 is 2.25 bits per heavy atom. The summed E-state index contributed by atoms with van der Waals surface area (Å²) in [7, 11) is 0. The van der Waals surface area contributed by atoms with Gasteiger partial charge in [-0.15, -0.1) is 0 Å². The van der Waals surface area contributed by atoms with Crippen molar-refractivity contribution in [1.29, 1.82) is 0 Å². The van der Waals surface area contributed by atoms with Gasteiger partial charge >= 0.3 is 0 Å². The van der Waals surface area contributed by atoms with Crippen LogP contribution in [0.4, 0.5) is 5.95 Å². The number of hydrogen-bond donors (Lipinski definition) is 1. The summed E-state index contributed by atoms with van der Waals surface area (Å²) < 4.78 is 1.93. The number of aromatic nitrogens is 2. The van der Waals surface area contributed by atoms with Crippen LogP contribution < -0.4 is 5.73 Å². The molecule has 3 nitrogen and oxygen atoms in total. The van der Waals surface area contributed by atoms with Crippen LogP contribution in [-0.4, -0.2) is 9.55 Å². The molecule has 0 saturated carbocycles. The summed E-state index contributed by atoms with van der Waals surface area (Å²) in [5.74, 6) is 0.569. The van der Waals surface area contributed by atoms with Crippen LogP contribution in [0.2, 0.25) is 5.02 Å². The van der Waals surface area contributed by atoms with Gasteiger partial charge in [-0.05, 0) is 24.6 Å². The fourth-order valence-electron chi connectivity index (χ4n) is 1.68. The maximum atomic E-state index is 5.92. The van der Waals surface area contributed by atoms with Crippen molar-refractivity contribution in [2.24, 2.45) is 0 Å². The number of rotatable bonds is 3. The number of halogens is 1. The fourth-order valence-corrected chi connectivity index (χ4v) is 1.89. The molecule has 2 aromatic rings. The molecular formula is C12H14ClN3.